The van der Waals surface area contributed by atoms with Crippen molar-refractivity contribution >= 4 is 11.6 Å². The van der Waals surface area contributed by atoms with E-state index in [1.807, 2.05) is 12.1 Å². The van der Waals surface area contributed by atoms with Gasteiger partial charge in [-0.15, -0.1) is 0 Å². The molecule has 3 heteroatoms. The number of nitrogens with one attached hydrogen (secondary N) is 1. The second-order valence-electron chi connectivity index (χ2n) is 5.41. The quantitative estimate of drug-likeness (QED) is 0.881. The van der Waals surface area contributed by atoms with Gasteiger partial charge in [-0.05, 0) is 50.0 Å². The molecule has 0 bridgehead atoms. The molecule has 2 unspecified atom stereocenters. The number of halogens is 1. The molecule has 2 atom stereocenters. The SMILES string of the molecule is CCC(NC1CCCN(CC)C1)c1ccc(Cl)cc1. The number of benzene rings is 1. The summed E-state index contributed by atoms with van der Waals surface area (Å²) in [5, 5.41) is 4.63. The number of hydrogen-bond donors (Lipinski definition) is 1. The van der Waals surface area contributed by atoms with Gasteiger partial charge in [0.05, 0.1) is 0 Å². The van der Waals surface area contributed by atoms with Gasteiger partial charge in [-0.2, -0.15) is 0 Å². The van der Waals surface area contributed by atoms with Crippen molar-refractivity contribution in [2.45, 2.75) is 45.2 Å². The van der Waals surface area contributed by atoms with Crippen molar-refractivity contribution in [1.29, 1.82) is 0 Å². The van der Waals surface area contributed by atoms with Crippen LogP contribution in [0, 0.1) is 0 Å². The number of rotatable bonds is 5. The van der Waals surface area contributed by atoms with Crippen molar-refractivity contribution in [2.75, 3.05) is 19.6 Å². The van der Waals surface area contributed by atoms with E-state index >= 15 is 0 Å². The molecule has 0 spiro atoms. The van der Waals surface area contributed by atoms with Crippen LogP contribution in [0.5, 0.6) is 0 Å². The molecule has 106 valence electrons. The predicted octanol–water partition coefficient (Wildman–Crippen LogP) is 3.87. The first-order valence-electron chi connectivity index (χ1n) is 7.46. The fourth-order valence-corrected chi connectivity index (χ4v) is 3.03. The highest BCUT2D eigenvalue weighted by Crippen LogP contribution is 2.21. The maximum atomic E-state index is 5.96. The molecule has 0 aliphatic carbocycles. The molecule has 0 radical (unpaired) electrons. The lowest BCUT2D eigenvalue weighted by atomic mass is 10.00. The van der Waals surface area contributed by atoms with Crippen LogP contribution in [-0.2, 0) is 0 Å². The van der Waals surface area contributed by atoms with Crippen LogP contribution >= 0.6 is 11.6 Å². The second-order valence-corrected chi connectivity index (χ2v) is 5.85. The Morgan fingerprint density at radius 2 is 2.05 bits per heavy atom. The number of hydrogen-bond acceptors (Lipinski definition) is 2. The second kappa shape index (κ2) is 7.28. The lowest BCUT2D eigenvalue weighted by Gasteiger charge is -2.34. The van der Waals surface area contributed by atoms with E-state index < -0.39 is 0 Å². The number of likely N-dealkylation sites (N-methyl/N-ethyl adjacent to an activating group) is 1. The Bertz CT molecular complexity index is 377. The van der Waals surface area contributed by atoms with Gasteiger partial charge in [0.1, 0.15) is 0 Å². The van der Waals surface area contributed by atoms with Crippen molar-refractivity contribution in [3.05, 3.63) is 34.9 Å². The first-order valence-corrected chi connectivity index (χ1v) is 7.84. The minimum absolute atomic E-state index is 0.444. The van der Waals surface area contributed by atoms with Gasteiger partial charge in [-0.25, -0.2) is 0 Å². The lowest BCUT2D eigenvalue weighted by molar-refractivity contribution is 0.189. The summed E-state index contributed by atoms with van der Waals surface area (Å²) >= 11 is 5.96. The molecule has 1 aliphatic rings. The Labute approximate surface area is 122 Å². The van der Waals surface area contributed by atoms with Crippen molar-refractivity contribution in [3.63, 3.8) is 0 Å². The summed E-state index contributed by atoms with van der Waals surface area (Å²) in [5.74, 6) is 0. The highest BCUT2D eigenvalue weighted by molar-refractivity contribution is 6.30. The molecule has 19 heavy (non-hydrogen) atoms. The molecule has 1 aliphatic heterocycles. The highest BCUT2D eigenvalue weighted by Gasteiger charge is 2.21. The summed E-state index contributed by atoms with van der Waals surface area (Å²) in [6, 6.07) is 9.32. The molecule has 0 aromatic heterocycles. The number of piperidine rings is 1. The number of likely N-dealkylation sites (tertiary alicyclic amines) is 1. The average molecular weight is 281 g/mol. The molecule has 1 aromatic rings. The van der Waals surface area contributed by atoms with Gasteiger partial charge in [-0.3, -0.25) is 0 Å². The van der Waals surface area contributed by atoms with Crippen LogP contribution in [0.25, 0.3) is 0 Å². The van der Waals surface area contributed by atoms with Crippen LogP contribution in [0.15, 0.2) is 24.3 Å². The molecule has 1 heterocycles. The molecule has 0 saturated carbocycles. The first kappa shape index (κ1) is 14.8. The molecule has 1 fully saturated rings. The summed E-state index contributed by atoms with van der Waals surface area (Å²) in [7, 11) is 0. The van der Waals surface area contributed by atoms with Gasteiger partial charge >= 0.3 is 0 Å². The Hall–Kier alpha value is -0.570. The van der Waals surface area contributed by atoms with Gasteiger partial charge in [-0.1, -0.05) is 37.6 Å². The smallest absolute Gasteiger partial charge is 0.0406 e. The summed E-state index contributed by atoms with van der Waals surface area (Å²) in [6.45, 7) is 8.09. The summed E-state index contributed by atoms with van der Waals surface area (Å²) in [4.78, 5) is 2.54. The minimum atomic E-state index is 0.444. The summed E-state index contributed by atoms with van der Waals surface area (Å²) in [5.41, 5.74) is 1.35. The molecule has 2 nitrogen and oxygen atoms in total. The zero-order chi connectivity index (χ0) is 13.7. The third kappa shape index (κ3) is 4.20. The van der Waals surface area contributed by atoms with E-state index in [9.17, 15) is 0 Å². The fraction of sp³-hybridized carbons (Fsp3) is 0.625. The molecule has 1 aromatic carbocycles. The highest BCUT2D eigenvalue weighted by atomic mass is 35.5. The van der Waals surface area contributed by atoms with E-state index in [2.05, 4.69) is 36.2 Å². The van der Waals surface area contributed by atoms with E-state index in [-0.39, 0.29) is 0 Å². The third-order valence-corrected chi connectivity index (χ3v) is 4.32. The van der Waals surface area contributed by atoms with Crippen LogP contribution in [0.1, 0.15) is 44.7 Å². The zero-order valence-electron chi connectivity index (χ0n) is 12.0. The Morgan fingerprint density at radius 1 is 1.32 bits per heavy atom. The van der Waals surface area contributed by atoms with Gasteiger partial charge in [0.15, 0.2) is 0 Å². The van der Waals surface area contributed by atoms with Crippen molar-refractivity contribution in [2.24, 2.45) is 0 Å². The van der Waals surface area contributed by atoms with Crippen LogP contribution < -0.4 is 5.32 Å². The van der Waals surface area contributed by atoms with Gasteiger partial charge in [0.2, 0.25) is 0 Å². The Balaban J connectivity index is 1.96. The molecular formula is C16H25ClN2. The Morgan fingerprint density at radius 3 is 2.68 bits per heavy atom. The monoisotopic (exact) mass is 280 g/mol. The van der Waals surface area contributed by atoms with E-state index in [1.54, 1.807) is 0 Å². The summed E-state index contributed by atoms with van der Waals surface area (Å²) < 4.78 is 0. The van der Waals surface area contributed by atoms with Crippen molar-refractivity contribution < 1.29 is 0 Å². The van der Waals surface area contributed by atoms with Crippen molar-refractivity contribution in [3.8, 4) is 0 Å². The van der Waals surface area contributed by atoms with Crippen LogP contribution in [0.2, 0.25) is 5.02 Å². The van der Waals surface area contributed by atoms with E-state index in [1.165, 1.54) is 31.5 Å². The van der Waals surface area contributed by atoms with E-state index in [4.69, 9.17) is 11.6 Å². The predicted molar refractivity (Wildman–Crippen MR) is 82.8 cm³/mol. The molecule has 2 rings (SSSR count). The maximum absolute atomic E-state index is 5.96. The molecule has 1 N–H and O–H groups in total. The van der Waals surface area contributed by atoms with Crippen molar-refractivity contribution in [1.82, 2.24) is 10.2 Å². The van der Waals surface area contributed by atoms with Gasteiger partial charge < -0.3 is 10.2 Å². The number of nitrogens with zero attached hydrogens (tertiary/aromatic N) is 1. The summed E-state index contributed by atoms with van der Waals surface area (Å²) in [6.07, 6.45) is 3.72. The fourth-order valence-electron chi connectivity index (χ4n) is 2.91. The maximum Gasteiger partial charge on any atom is 0.0406 e. The largest absolute Gasteiger partial charge is 0.306 e. The van der Waals surface area contributed by atoms with E-state index in [0.29, 0.717) is 12.1 Å². The van der Waals surface area contributed by atoms with E-state index in [0.717, 1.165) is 18.0 Å². The third-order valence-electron chi connectivity index (χ3n) is 4.07. The molecular weight excluding hydrogens is 256 g/mol. The van der Waals surface area contributed by atoms with Crippen LogP contribution in [0.3, 0.4) is 0 Å². The topological polar surface area (TPSA) is 15.3 Å². The molecule has 1 saturated heterocycles. The normalized spacial score (nSPS) is 22.4. The standard InChI is InChI=1S/C16H25ClN2/c1-3-16(13-7-9-14(17)10-8-13)18-15-6-5-11-19(4-2)12-15/h7-10,15-16,18H,3-6,11-12H2,1-2H3. The average Bonchev–Trinajstić information content (AvgIpc) is 2.46. The van der Waals surface area contributed by atoms with Crippen LogP contribution in [0.4, 0.5) is 0 Å². The Kier molecular flexibility index (Phi) is 5.68. The van der Waals surface area contributed by atoms with Gasteiger partial charge in [0.25, 0.3) is 0 Å². The molecule has 0 amide bonds. The first-order chi connectivity index (χ1) is 9.22. The minimum Gasteiger partial charge on any atom is -0.306 e. The lowest BCUT2D eigenvalue weighted by Crippen LogP contribution is -2.46. The van der Waals surface area contributed by atoms with Gasteiger partial charge in [0, 0.05) is 23.7 Å². The zero-order valence-corrected chi connectivity index (χ0v) is 12.8. The van der Waals surface area contributed by atoms with Crippen LogP contribution in [-0.4, -0.2) is 30.6 Å².